The summed E-state index contributed by atoms with van der Waals surface area (Å²) >= 11 is 0. The summed E-state index contributed by atoms with van der Waals surface area (Å²) in [6.45, 7) is 5.81. The second-order valence-electron chi connectivity index (χ2n) is 7.53. The molecule has 2 amide bonds. The summed E-state index contributed by atoms with van der Waals surface area (Å²) in [4.78, 5) is 25.7. The van der Waals surface area contributed by atoms with Crippen LogP contribution in [0, 0.1) is 13.8 Å². The van der Waals surface area contributed by atoms with Crippen LogP contribution in [0.4, 0.5) is 10.6 Å². The van der Waals surface area contributed by atoms with E-state index >= 15 is 0 Å². The predicted octanol–water partition coefficient (Wildman–Crippen LogP) is 3.04. The highest BCUT2D eigenvalue weighted by atomic mass is 16.2. The number of nitrogens with one attached hydrogen (secondary N) is 1. The van der Waals surface area contributed by atoms with Crippen LogP contribution in [0.15, 0.2) is 6.07 Å². The molecule has 6 heteroatoms. The van der Waals surface area contributed by atoms with Crippen molar-refractivity contribution in [3.8, 4) is 0 Å². The molecule has 1 saturated carbocycles. The Morgan fingerprint density at radius 1 is 1.12 bits per heavy atom. The monoisotopic (exact) mass is 345 g/mol. The van der Waals surface area contributed by atoms with Crippen LogP contribution in [-0.2, 0) is 0 Å². The predicted molar refractivity (Wildman–Crippen MR) is 99.9 cm³/mol. The van der Waals surface area contributed by atoms with Crippen LogP contribution >= 0.6 is 0 Å². The highest BCUT2D eigenvalue weighted by Crippen LogP contribution is 2.22. The molecular formula is C19H31N5O. The molecule has 1 aliphatic heterocycles. The Bertz CT molecular complexity index is 571. The van der Waals surface area contributed by atoms with Crippen molar-refractivity contribution in [3.05, 3.63) is 17.6 Å². The van der Waals surface area contributed by atoms with E-state index in [0.29, 0.717) is 12.1 Å². The molecule has 0 unspecified atom stereocenters. The van der Waals surface area contributed by atoms with Crippen LogP contribution in [0.3, 0.4) is 0 Å². The van der Waals surface area contributed by atoms with Crippen molar-refractivity contribution >= 4 is 11.8 Å². The van der Waals surface area contributed by atoms with E-state index in [2.05, 4.69) is 20.2 Å². The summed E-state index contributed by atoms with van der Waals surface area (Å²) in [6.07, 6.45) is 8.01. The average Bonchev–Trinajstić information content (AvgIpc) is 2.61. The molecule has 0 spiro atoms. The van der Waals surface area contributed by atoms with E-state index in [1.54, 1.807) is 0 Å². The second-order valence-corrected chi connectivity index (χ2v) is 7.53. The van der Waals surface area contributed by atoms with Gasteiger partial charge in [-0.3, -0.25) is 0 Å². The molecule has 2 aliphatic rings. The third kappa shape index (κ3) is 4.61. The van der Waals surface area contributed by atoms with Crippen LogP contribution in [-0.4, -0.2) is 53.1 Å². The van der Waals surface area contributed by atoms with Crippen LogP contribution in [0.5, 0.6) is 0 Å². The Balaban J connectivity index is 1.51. The molecule has 6 nitrogen and oxygen atoms in total. The molecule has 25 heavy (non-hydrogen) atoms. The first-order valence-corrected chi connectivity index (χ1v) is 9.63. The summed E-state index contributed by atoms with van der Waals surface area (Å²) < 4.78 is 0. The molecule has 138 valence electrons. The van der Waals surface area contributed by atoms with Crippen molar-refractivity contribution < 1.29 is 4.79 Å². The van der Waals surface area contributed by atoms with Gasteiger partial charge in [-0.15, -0.1) is 0 Å². The van der Waals surface area contributed by atoms with Crippen molar-refractivity contribution in [1.82, 2.24) is 20.2 Å². The fourth-order valence-electron chi connectivity index (χ4n) is 4.03. The van der Waals surface area contributed by atoms with Gasteiger partial charge in [0.15, 0.2) is 0 Å². The maximum absolute atomic E-state index is 12.5. The Morgan fingerprint density at radius 2 is 1.80 bits per heavy atom. The third-order valence-corrected chi connectivity index (χ3v) is 5.54. The van der Waals surface area contributed by atoms with Crippen molar-refractivity contribution in [2.24, 2.45) is 0 Å². The number of urea groups is 1. The molecule has 0 bridgehead atoms. The van der Waals surface area contributed by atoms with Gasteiger partial charge in [-0.1, -0.05) is 19.3 Å². The van der Waals surface area contributed by atoms with Crippen LogP contribution in [0.2, 0.25) is 0 Å². The maximum atomic E-state index is 12.5. The summed E-state index contributed by atoms with van der Waals surface area (Å²) in [7, 11) is 1.94. The standard InChI is InChI=1S/C19H31N5O/c1-14-13-18(21-15(2)20-14)24-11-9-17(10-12-24)23(3)19(25)22-16-7-5-4-6-8-16/h13,16-17H,4-12H2,1-3H3,(H,22,25). The van der Waals surface area contributed by atoms with Crippen LogP contribution < -0.4 is 10.2 Å². The van der Waals surface area contributed by atoms with E-state index in [0.717, 1.165) is 56.1 Å². The summed E-state index contributed by atoms with van der Waals surface area (Å²) in [5, 5.41) is 3.23. The molecule has 3 rings (SSSR count). The van der Waals surface area contributed by atoms with Gasteiger partial charge >= 0.3 is 6.03 Å². The first-order chi connectivity index (χ1) is 12.0. The highest BCUT2D eigenvalue weighted by molar-refractivity contribution is 5.74. The summed E-state index contributed by atoms with van der Waals surface area (Å²) in [5.74, 6) is 1.83. The van der Waals surface area contributed by atoms with Gasteiger partial charge in [0.2, 0.25) is 0 Å². The Labute approximate surface area is 151 Å². The third-order valence-electron chi connectivity index (χ3n) is 5.54. The number of rotatable bonds is 3. The molecule has 1 aromatic rings. The molecule has 1 N–H and O–H groups in total. The largest absolute Gasteiger partial charge is 0.356 e. The number of amides is 2. The molecule has 1 aliphatic carbocycles. The summed E-state index contributed by atoms with van der Waals surface area (Å²) in [6, 6.07) is 2.83. The second kappa shape index (κ2) is 8.02. The lowest BCUT2D eigenvalue weighted by molar-refractivity contribution is 0.173. The quantitative estimate of drug-likeness (QED) is 0.915. The molecule has 0 atom stereocenters. The van der Waals surface area contributed by atoms with E-state index in [4.69, 9.17) is 0 Å². The van der Waals surface area contributed by atoms with Gasteiger partial charge in [-0.05, 0) is 39.5 Å². The molecular weight excluding hydrogens is 314 g/mol. The number of aryl methyl sites for hydroxylation is 2. The lowest BCUT2D eigenvalue weighted by Gasteiger charge is -2.38. The lowest BCUT2D eigenvalue weighted by atomic mass is 9.95. The molecule has 0 aromatic carbocycles. The summed E-state index contributed by atoms with van der Waals surface area (Å²) in [5.41, 5.74) is 1.01. The van der Waals surface area contributed by atoms with Crippen LogP contribution in [0.1, 0.15) is 56.5 Å². The van der Waals surface area contributed by atoms with Gasteiger partial charge in [0, 0.05) is 44.0 Å². The van der Waals surface area contributed by atoms with Crippen LogP contribution in [0.25, 0.3) is 0 Å². The Hall–Kier alpha value is -1.85. The highest BCUT2D eigenvalue weighted by Gasteiger charge is 2.27. The van der Waals surface area contributed by atoms with E-state index in [-0.39, 0.29) is 6.03 Å². The molecule has 1 aromatic heterocycles. The van der Waals surface area contributed by atoms with Gasteiger partial charge in [0.1, 0.15) is 11.6 Å². The van der Waals surface area contributed by atoms with E-state index in [1.807, 2.05) is 31.9 Å². The fourth-order valence-corrected chi connectivity index (χ4v) is 4.03. The minimum absolute atomic E-state index is 0.0964. The number of carbonyl (C=O) groups excluding carboxylic acids is 1. The topological polar surface area (TPSA) is 61.4 Å². The minimum atomic E-state index is 0.0964. The zero-order valence-electron chi connectivity index (χ0n) is 15.8. The van der Waals surface area contributed by atoms with E-state index < -0.39 is 0 Å². The number of nitrogens with zero attached hydrogens (tertiary/aromatic N) is 4. The Kier molecular flexibility index (Phi) is 5.76. The zero-order chi connectivity index (χ0) is 17.8. The minimum Gasteiger partial charge on any atom is -0.356 e. The van der Waals surface area contributed by atoms with Crippen molar-refractivity contribution in [2.45, 2.75) is 70.9 Å². The van der Waals surface area contributed by atoms with E-state index in [9.17, 15) is 4.79 Å². The van der Waals surface area contributed by atoms with Crippen molar-refractivity contribution in [2.75, 3.05) is 25.0 Å². The van der Waals surface area contributed by atoms with Crippen molar-refractivity contribution in [3.63, 3.8) is 0 Å². The van der Waals surface area contributed by atoms with E-state index in [1.165, 1.54) is 19.3 Å². The average molecular weight is 345 g/mol. The normalized spacial score (nSPS) is 19.7. The van der Waals surface area contributed by atoms with Gasteiger partial charge in [-0.25, -0.2) is 14.8 Å². The number of anilines is 1. The zero-order valence-corrected chi connectivity index (χ0v) is 15.8. The molecule has 2 heterocycles. The number of aromatic nitrogens is 2. The lowest BCUT2D eigenvalue weighted by Crippen LogP contribution is -2.51. The fraction of sp³-hybridized carbons (Fsp3) is 0.737. The molecule has 1 saturated heterocycles. The van der Waals surface area contributed by atoms with Gasteiger partial charge < -0.3 is 15.1 Å². The number of hydrogen-bond donors (Lipinski definition) is 1. The van der Waals surface area contributed by atoms with Crippen molar-refractivity contribution in [1.29, 1.82) is 0 Å². The first-order valence-electron chi connectivity index (χ1n) is 9.63. The number of hydrogen-bond acceptors (Lipinski definition) is 4. The van der Waals surface area contributed by atoms with Gasteiger partial charge in [-0.2, -0.15) is 0 Å². The molecule has 2 fully saturated rings. The first kappa shape index (κ1) is 18.0. The SMILES string of the molecule is Cc1cc(N2CCC(N(C)C(=O)NC3CCCCC3)CC2)nc(C)n1. The maximum Gasteiger partial charge on any atom is 0.317 e. The molecule has 0 radical (unpaired) electrons. The van der Waals surface area contributed by atoms with Gasteiger partial charge in [0.25, 0.3) is 0 Å². The van der Waals surface area contributed by atoms with Gasteiger partial charge in [0.05, 0.1) is 0 Å². The Morgan fingerprint density at radius 3 is 2.44 bits per heavy atom. The smallest absolute Gasteiger partial charge is 0.317 e. The number of carbonyl (C=O) groups is 1. The number of piperidine rings is 1.